The highest BCUT2D eigenvalue weighted by Gasteiger charge is 2.11. The van der Waals surface area contributed by atoms with Crippen LogP contribution in [0.3, 0.4) is 0 Å². The van der Waals surface area contributed by atoms with Crippen LogP contribution in [0, 0.1) is 0 Å². The zero-order valence-electron chi connectivity index (χ0n) is 17.8. The van der Waals surface area contributed by atoms with Crippen molar-refractivity contribution in [1.82, 2.24) is 19.5 Å². The average Bonchev–Trinajstić information content (AvgIpc) is 3.12. The summed E-state index contributed by atoms with van der Waals surface area (Å²) < 4.78 is 7.14. The molecule has 0 saturated carbocycles. The third-order valence-corrected chi connectivity index (χ3v) is 5.04. The Bertz CT molecular complexity index is 1030. The molecule has 0 atom stereocenters. The third kappa shape index (κ3) is 5.46. The summed E-state index contributed by atoms with van der Waals surface area (Å²) in [5, 5.41) is 0. The van der Waals surface area contributed by atoms with E-state index in [-0.39, 0.29) is 5.82 Å². The average molecular weight is 410 g/mol. The molecule has 0 unspecified atom stereocenters. The van der Waals surface area contributed by atoms with Gasteiger partial charge >= 0.3 is 0 Å². The number of imidazole rings is 1. The zero-order valence-corrected chi connectivity index (χ0v) is 17.8. The van der Waals surface area contributed by atoms with Crippen LogP contribution in [0.1, 0.15) is 51.0 Å². The fraction of sp³-hybridized carbons (Fsp3) is 0.455. The first-order valence-corrected chi connectivity index (χ1v) is 10.5. The van der Waals surface area contributed by atoms with Crippen molar-refractivity contribution in [1.29, 1.82) is 0 Å². The van der Waals surface area contributed by atoms with Crippen LogP contribution in [0.2, 0.25) is 0 Å². The van der Waals surface area contributed by atoms with Crippen LogP contribution < -0.4 is 21.8 Å². The maximum Gasteiger partial charge on any atom is 0.248 e. The van der Waals surface area contributed by atoms with Gasteiger partial charge < -0.3 is 20.8 Å². The number of fused-ring (bicyclic) bond motifs is 1. The van der Waals surface area contributed by atoms with E-state index in [4.69, 9.17) is 16.2 Å². The normalized spacial score (nSPS) is 11.9. The summed E-state index contributed by atoms with van der Waals surface area (Å²) in [4.78, 5) is 17.7. The van der Waals surface area contributed by atoms with Crippen molar-refractivity contribution in [3.05, 3.63) is 41.8 Å². The summed E-state index contributed by atoms with van der Waals surface area (Å²) >= 11 is 0. The maximum atomic E-state index is 6.29. The van der Waals surface area contributed by atoms with Crippen molar-refractivity contribution in [3.63, 3.8) is 0 Å². The molecule has 0 fully saturated rings. The molecule has 0 aliphatic rings. The lowest BCUT2D eigenvalue weighted by atomic mass is 10.1. The number of ether oxygens (including phenoxy) is 1. The molecule has 0 bridgehead atoms. The molecule has 0 aliphatic carbocycles. The van der Waals surface area contributed by atoms with Gasteiger partial charge in [-0.3, -0.25) is 0 Å². The van der Waals surface area contributed by atoms with Crippen molar-refractivity contribution in [3.8, 4) is 5.75 Å². The molecule has 0 amide bonds. The molecule has 2 heterocycles. The molecule has 0 spiro atoms. The van der Waals surface area contributed by atoms with Crippen molar-refractivity contribution in [2.75, 3.05) is 25.1 Å². The number of aromatic nitrogens is 4. The number of benzene rings is 1. The number of nitrogen functional groups attached to an aromatic ring is 2. The van der Waals surface area contributed by atoms with Crippen LogP contribution in [0.15, 0.2) is 35.6 Å². The molecular weight excluding hydrogens is 378 g/mol. The van der Waals surface area contributed by atoms with Gasteiger partial charge in [0.1, 0.15) is 16.8 Å². The second-order valence-corrected chi connectivity index (χ2v) is 7.36. The molecule has 8 heteroatoms. The van der Waals surface area contributed by atoms with E-state index in [9.17, 15) is 0 Å². The van der Waals surface area contributed by atoms with Gasteiger partial charge in [-0.25, -0.2) is 9.98 Å². The van der Waals surface area contributed by atoms with Gasteiger partial charge in [0, 0.05) is 13.1 Å². The first kappa shape index (κ1) is 21.5. The lowest BCUT2D eigenvalue weighted by Gasteiger charge is -2.06. The van der Waals surface area contributed by atoms with Crippen molar-refractivity contribution < 1.29 is 4.74 Å². The van der Waals surface area contributed by atoms with Gasteiger partial charge in [0.15, 0.2) is 11.6 Å². The Morgan fingerprint density at radius 2 is 1.67 bits per heavy atom. The summed E-state index contributed by atoms with van der Waals surface area (Å²) in [6.07, 6.45) is 8.93. The second-order valence-electron chi connectivity index (χ2n) is 7.36. The van der Waals surface area contributed by atoms with Crippen LogP contribution in [0.25, 0.3) is 11.0 Å². The molecule has 0 aliphatic heterocycles. The van der Waals surface area contributed by atoms with Crippen molar-refractivity contribution in [2.45, 2.75) is 52.0 Å². The molecule has 1 aromatic carbocycles. The van der Waals surface area contributed by atoms with Gasteiger partial charge in [0.25, 0.3) is 0 Å². The highest BCUT2D eigenvalue weighted by molar-refractivity contribution is 5.90. The lowest BCUT2D eigenvalue weighted by molar-refractivity contribution is 0.414. The van der Waals surface area contributed by atoms with Crippen molar-refractivity contribution in [2.24, 2.45) is 4.99 Å². The first-order valence-electron chi connectivity index (χ1n) is 10.5. The minimum Gasteiger partial charge on any atom is -0.497 e. The monoisotopic (exact) mass is 409 g/mol. The molecule has 30 heavy (non-hydrogen) atoms. The van der Waals surface area contributed by atoms with E-state index in [1.165, 1.54) is 25.7 Å². The maximum absolute atomic E-state index is 6.29. The third-order valence-electron chi connectivity index (χ3n) is 5.04. The van der Waals surface area contributed by atoms with E-state index in [2.05, 4.69) is 26.9 Å². The number of hydrogen-bond acceptors (Lipinski definition) is 7. The van der Waals surface area contributed by atoms with E-state index in [0.717, 1.165) is 24.2 Å². The quantitative estimate of drug-likeness (QED) is 0.496. The Hall–Kier alpha value is -3.16. The van der Waals surface area contributed by atoms with Gasteiger partial charge in [-0.05, 0) is 24.1 Å². The van der Waals surface area contributed by atoms with Crippen LogP contribution in [-0.2, 0) is 6.54 Å². The number of methoxy groups -OCH3 is 1. The standard InChI is InChI=1S/C22H31N7O/c1-3-4-5-6-7-8-13-25-22-27-20(23)18-19(21(24)28-22)29(15-26-18)14-16-9-11-17(30-2)12-10-16/h9-12,15H,3-8,13-14H2,1-2H3,(H4,23,24,25,27,28). The summed E-state index contributed by atoms with van der Waals surface area (Å²) in [5.74, 6) is 1.41. The summed E-state index contributed by atoms with van der Waals surface area (Å²) in [7, 11) is 1.65. The predicted octanol–water partition coefficient (Wildman–Crippen LogP) is 3.31. The molecule has 160 valence electrons. The second kappa shape index (κ2) is 10.6. The van der Waals surface area contributed by atoms with Gasteiger partial charge in [-0.1, -0.05) is 51.2 Å². The number of rotatable bonds is 10. The molecule has 3 aromatic rings. The van der Waals surface area contributed by atoms with E-state index < -0.39 is 0 Å². The Kier molecular flexibility index (Phi) is 7.59. The van der Waals surface area contributed by atoms with Crippen LogP contribution in [0.4, 0.5) is 11.6 Å². The van der Waals surface area contributed by atoms with Crippen LogP contribution in [-0.4, -0.2) is 33.2 Å². The van der Waals surface area contributed by atoms with Crippen molar-refractivity contribution >= 4 is 22.7 Å². The van der Waals surface area contributed by atoms with E-state index in [1.54, 1.807) is 13.4 Å². The smallest absolute Gasteiger partial charge is 0.248 e. The largest absolute Gasteiger partial charge is 0.497 e. The summed E-state index contributed by atoms with van der Waals surface area (Å²) in [5.41, 5.74) is 15.1. The van der Waals surface area contributed by atoms with Gasteiger partial charge in [-0.2, -0.15) is 9.97 Å². The number of unbranched alkanes of at least 4 members (excludes halogenated alkanes) is 5. The molecule has 3 rings (SSSR count). The Morgan fingerprint density at radius 3 is 2.40 bits per heavy atom. The van der Waals surface area contributed by atoms with Crippen LogP contribution in [0.5, 0.6) is 5.75 Å². The Labute approximate surface area is 177 Å². The highest BCUT2D eigenvalue weighted by atomic mass is 16.5. The van der Waals surface area contributed by atoms with E-state index in [1.807, 2.05) is 28.8 Å². The van der Waals surface area contributed by atoms with E-state index >= 15 is 0 Å². The minimum absolute atomic E-state index is 0.282. The number of nitrogens with zero attached hydrogens (tertiary/aromatic N) is 5. The first-order chi connectivity index (χ1) is 14.6. The van der Waals surface area contributed by atoms with Gasteiger partial charge in [0.05, 0.1) is 13.4 Å². The SMILES string of the molecule is CCCCCCCCN=c1nc(N)c2ncn(Cc3ccc(OC)cc3)c2c(N)n1. The molecule has 2 aromatic heterocycles. The highest BCUT2D eigenvalue weighted by Crippen LogP contribution is 2.21. The lowest BCUT2D eigenvalue weighted by Crippen LogP contribution is -2.13. The zero-order chi connectivity index (χ0) is 21.3. The van der Waals surface area contributed by atoms with Gasteiger partial charge in [-0.15, -0.1) is 0 Å². The Balaban J connectivity index is 1.80. The van der Waals surface area contributed by atoms with E-state index in [0.29, 0.717) is 35.6 Å². The number of nitrogens with two attached hydrogens (primary N) is 2. The molecule has 4 N–H and O–H groups in total. The minimum atomic E-state index is 0.282. The number of hydrogen-bond donors (Lipinski definition) is 2. The molecule has 0 saturated heterocycles. The summed E-state index contributed by atoms with van der Waals surface area (Å²) in [6.45, 7) is 3.47. The fourth-order valence-corrected chi connectivity index (χ4v) is 3.37. The fourth-order valence-electron chi connectivity index (χ4n) is 3.37. The van der Waals surface area contributed by atoms with Gasteiger partial charge in [0.2, 0.25) is 5.62 Å². The predicted molar refractivity (Wildman–Crippen MR) is 120 cm³/mol. The molecule has 0 radical (unpaired) electrons. The molecule has 8 nitrogen and oxygen atoms in total. The molecular formula is C22H31N7O. The Morgan fingerprint density at radius 1 is 0.967 bits per heavy atom. The topological polar surface area (TPSA) is 117 Å². The van der Waals surface area contributed by atoms with Crippen LogP contribution >= 0.6 is 0 Å². The number of anilines is 2. The summed E-state index contributed by atoms with van der Waals surface area (Å²) in [6, 6.07) is 7.84.